The summed E-state index contributed by atoms with van der Waals surface area (Å²) in [7, 11) is 0. The number of hydrogen-bond acceptors (Lipinski definition) is 1. The second kappa shape index (κ2) is 3.65. The van der Waals surface area contributed by atoms with Gasteiger partial charge in [-0.2, -0.15) is 0 Å². The molecule has 0 aromatic heterocycles. The molecule has 2 N–H and O–H groups in total. The first-order chi connectivity index (χ1) is 6.35. The Labute approximate surface area is 82.9 Å². The fourth-order valence-electron chi connectivity index (χ4n) is 1.24. The first-order valence-corrected chi connectivity index (χ1v) is 4.60. The summed E-state index contributed by atoms with van der Waals surface area (Å²) >= 11 is 0. The van der Waals surface area contributed by atoms with E-state index in [1.807, 2.05) is 13.8 Å². The molecule has 0 saturated carbocycles. The Balaban J connectivity index is 3.19. The molecule has 0 heterocycles. The zero-order valence-corrected chi connectivity index (χ0v) is 8.64. The van der Waals surface area contributed by atoms with Gasteiger partial charge in [-0.1, -0.05) is 19.9 Å². The lowest BCUT2D eigenvalue weighted by molar-refractivity contribution is 0.336. The number of nitrogens with two attached hydrogens (primary N) is 1. The van der Waals surface area contributed by atoms with E-state index in [9.17, 15) is 8.78 Å². The summed E-state index contributed by atoms with van der Waals surface area (Å²) in [4.78, 5) is 0. The molecule has 1 aromatic carbocycles. The van der Waals surface area contributed by atoms with Crippen molar-refractivity contribution in [1.29, 1.82) is 0 Å². The van der Waals surface area contributed by atoms with E-state index in [1.54, 1.807) is 6.92 Å². The van der Waals surface area contributed by atoms with Crippen LogP contribution < -0.4 is 5.73 Å². The van der Waals surface area contributed by atoms with Crippen LogP contribution >= 0.6 is 0 Å². The van der Waals surface area contributed by atoms with Crippen molar-refractivity contribution in [2.24, 2.45) is 11.7 Å². The van der Waals surface area contributed by atoms with Crippen molar-refractivity contribution in [3.8, 4) is 0 Å². The molecule has 0 unspecified atom stereocenters. The van der Waals surface area contributed by atoms with Crippen molar-refractivity contribution in [2.75, 3.05) is 0 Å². The van der Waals surface area contributed by atoms with Crippen LogP contribution in [0.2, 0.25) is 0 Å². The predicted octanol–water partition coefficient (Wildman–Crippen LogP) is 2.79. The van der Waals surface area contributed by atoms with Crippen LogP contribution in [0.1, 0.15) is 26.3 Å². The third-order valence-electron chi connectivity index (χ3n) is 2.71. The molecule has 0 aliphatic heterocycles. The summed E-state index contributed by atoms with van der Waals surface area (Å²) in [6, 6.07) is 3.50. The van der Waals surface area contributed by atoms with Crippen LogP contribution in [0.4, 0.5) is 8.78 Å². The van der Waals surface area contributed by atoms with E-state index >= 15 is 0 Å². The minimum atomic E-state index is -0.766. The summed E-state index contributed by atoms with van der Waals surface area (Å²) in [5, 5.41) is 0. The Hall–Kier alpha value is -0.960. The topological polar surface area (TPSA) is 26.0 Å². The van der Waals surface area contributed by atoms with Crippen molar-refractivity contribution in [3.63, 3.8) is 0 Å². The maximum absolute atomic E-state index is 13.4. The van der Waals surface area contributed by atoms with Gasteiger partial charge in [-0.3, -0.25) is 0 Å². The van der Waals surface area contributed by atoms with Gasteiger partial charge in [0.25, 0.3) is 0 Å². The van der Waals surface area contributed by atoms with Crippen LogP contribution in [0, 0.1) is 17.6 Å². The minimum Gasteiger partial charge on any atom is -0.321 e. The quantitative estimate of drug-likeness (QED) is 0.778. The molecule has 14 heavy (non-hydrogen) atoms. The molecule has 0 amide bonds. The molecule has 0 saturated heterocycles. The second-order valence-corrected chi connectivity index (χ2v) is 4.06. The van der Waals surface area contributed by atoms with Crippen LogP contribution in [0.15, 0.2) is 18.2 Å². The molecular formula is C11H15F2N. The van der Waals surface area contributed by atoms with Crippen LogP contribution in [-0.4, -0.2) is 0 Å². The van der Waals surface area contributed by atoms with Crippen molar-refractivity contribution in [2.45, 2.75) is 26.3 Å². The van der Waals surface area contributed by atoms with E-state index in [2.05, 4.69) is 0 Å². The number of benzene rings is 1. The first kappa shape index (κ1) is 11.1. The monoisotopic (exact) mass is 199 g/mol. The van der Waals surface area contributed by atoms with Gasteiger partial charge in [-0.25, -0.2) is 8.78 Å². The standard InChI is InChI=1S/C11H15F2N/c1-7(2)11(3,14)9-5-4-8(12)6-10(9)13/h4-7H,14H2,1-3H3/t11-/m0/s1. The Kier molecular flexibility index (Phi) is 2.90. The zero-order chi connectivity index (χ0) is 10.9. The normalized spacial score (nSPS) is 15.6. The van der Waals surface area contributed by atoms with Crippen molar-refractivity contribution in [1.82, 2.24) is 0 Å². The molecule has 3 heteroatoms. The van der Waals surface area contributed by atoms with Gasteiger partial charge in [-0.15, -0.1) is 0 Å². The lowest BCUT2D eigenvalue weighted by Crippen LogP contribution is -2.39. The summed E-state index contributed by atoms with van der Waals surface area (Å²) < 4.78 is 26.0. The molecule has 78 valence electrons. The summed E-state index contributed by atoms with van der Waals surface area (Å²) in [5.74, 6) is -1.07. The number of hydrogen-bond donors (Lipinski definition) is 1. The average molecular weight is 199 g/mol. The molecule has 1 rings (SSSR count). The highest BCUT2D eigenvalue weighted by Gasteiger charge is 2.28. The number of halogens is 2. The lowest BCUT2D eigenvalue weighted by atomic mass is 9.82. The fourth-order valence-corrected chi connectivity index (χ4v) is 1.24. The Morgan fingerprint density at radius 3 is 2.29 bits per heavy atom. The highest BCUT2D eigenvalue weighted by Crippen LogP contribution is 2.28. The van der Waals surface area contributed by atoms with E-state index < -0.39 is 17.2 Å². The smallest absolute Gasteiger partial charge is 0.131 e. The van der Waals surface area contributed by atoms with Crippen LogP contribution in [0.25, 0.3) is 0 Å². The second-order valence-electron chi connectivity index (χ2n) is 4.06. The van der Waals surface area contributed by atoms with Gasteiger partial charge < -0.3 is 5.73 Å². The van der Waals surface area contributed by atoms with Gasteiger partial charge in [0.2, 0.25) is 0 Å². The highest BCUT2D eigenvalue weighted by atomic mass is 19.1. The average Bonchev–Trinajstić information content (AvgIpc) is 2.02. The van der Waals surface area contributed by atoms with Gasteiger partial charge in [-0.05, 0) is 18.9 Å². The van der Waals surface area contributed by atoms with E-state index in [0.29, 0.717) is 5.56 Å². The highest BCUT2D eigenvalue weighted by molar-refractivity contribution is 5.26. The molecule has 0 bridgehead atoms. The Morgan fingerprint density at radius 1 is 1.29 bits per heavy atom. The van der Waals surface area contributed by atoms with Gasteiger partial charge in [0.15, 0.2) is 0 Å². The molecule has 0 fully saturated rings. The molecule has 0 radical (unpaired) electrons. The molecule has 0 aliphatic carbocycles. The molecule has 1 atom stereocenters. The Bertz CT molecular complexity index is 332. The summed E-state index contributed by atoms with van der Waals surface area (Å²) in [6.07, 6.45) is 0. The van der Waals surface area contributed by atoms with Crippen molar-refractivity contribution in [3.05, 3.63) is 35.4 Å². The number of rotatable bonds is 2. The van der Waals surface area contributed by atoms with Crippen LogP contribution in [0.3, 0.4) is 0 Å². The predicted molar refractivity (Wildman–Crippen MR) is 52.7 cm³/mol. The summed E-state index contributed by atoms with van der Waals surface area (Å²) in [6.45, 7) is 5.56. The van der Waals surface area contributed by atoms with Gasteiger partial charge in [0, 0.05) is 17.2 Å². The third-order valence-corrected chi connectivity index (χ3v) is 2.71. The lowest BCUT2D eigenvalue weighted by Gasteiger charge is -2.30. The van der Waals surface area contributed by atoms with E-state index in [4.69, 9.17) is 5.73 Å². The van der Waals surface area contributed by atoms with E-state index in [1.165, 1.54) is 12.1 Å². The molecule has 1 aromatic rings. The van der Waals surface area contributed by atoms with Gasteiger partial charge in [0.05, 0.1) is 0 Å². The van der Waals surface area contributed by atoms with E-state index in [0.717, 1.165) is 6.07 Å². The minimum absolute atomic E-state index is 0.0856. The molecule has 1 nitrogen and oxygen atoms in total. The van der Waals surface area contributed by atoms with Gasteiger partial charge >= 0.3 is 0 Å². The van der Waals surface area contributed by atoms with Crippen molar-refractivity contribution >= 4 is 0 Å². The maximum atomic E-state index is 13.4. The SMILES string of the molecule is CC(C)[C@](C)(N)c1ccc(F)cc1F. The van der Waals surface area contributed by atoms with Crippen molar-refractivity contribution < 1.29 is 8.78 Å². The van der Waals surface area contributed by atoms with E-state index in [-0.39, 0.29) is 5.92 Å². The van der Waals surface area contributed by atoms with Crippen LogP contribution in [0.5, 0.6) is 0 Å². The first-order valence-electron chi connectivity index (χ1n) is 4.60. The third kappa shape index (κ3) is 1.93. The zero-order valence-electron chi connectivity index (χ0n) is 8.64. The molecule has 0 spiro atoms. The fraction of sp³-hybridized carbons (Fsp3) is 0.455. The van der Waals surface area contributed by atoms with Crippen LogP contribution in [-0.2, 0) is 5.54 Å². The maximum Gasteiger partial charge on any atom is 0.131 e. The summed E-state index contributed by atoms with van der Waals surface area (Å²) in [5.41, 5.74) is 5.56. The largest absolute Gasteiger partial charge is 0.321 e. The Morgan fingerprint density at radius 2 is 1.86 bits per heavy atom. The van der Waals surface area contributed by atoms with Gasteiger partial charge in [0.1, 0.15) is 11.6 Å². The molecular weight excluding hydrogens is 184 g/mol. The molecule has 0 aliphatic rings.